The average molecular weight is 490 g/mol. The maximum absolute atomic E-state index is 13.4. The van der Waals surface area contributed by atoms with Crippen LogP contribution in [0.1, 0.15) is 17.4 Å². The number of thiophene rings is 2. The molecule has 0 spiro atoms. The number of amides is 1. The molecule has 172 valence electrons. The molecule has 1 atom stereocenters. The molecule has 1 fully saturated rings. The second kappa shape index (κ2) is 9.50. The molecule has 1 aliphatic heterocycles. The molecule has 0 radical (unpaired) electrons. The van der Waals surface area contributed by atoms with Crippen LogP contribution < -0.4 is 5.56 Å². The molecule has 7 nitrogen and oxygen atoms in total. The SMILES string of the molecule is Cc1nc2scc(-c3cccs3)c2c(=O)n1CC(=O)N1CCN(C(C#N)c2ccccc2)CC1. The molecule has 4 aromatic rings. The number of nitriles is 1. The topological polar surface area (TPSA) is 82.2 Å². The summed E-state index contributed by atoms with van der Waals surface area (Å²) in [5, 5.41) is 14.2. The molecule has 0 aliphatic carbocycles. The average Bonchev–Trinajstić information content (AvgIpc) is 3.53. The predicted molar refractivity (Wildman–Crippen MR) is 135 cm³/mol. The number of fused-ring (bicyclic) bond motifs is 1. The van der Waals surface area contributed by atoms with E-state index in [2.05, 4.69) is 16.0 Å². The standard InChI is InChI=1S/C25H23N5O2S2/c1-17-27-24-23(19(16-34-24)21-8-5-13-33-21)25(32)30(17)15-22(31)29-11-9-28(10-12-29)20(14-26)18-6-3-2-4-7-18/h2-8,13,16,20H,9-12,15H2,1H3. The van der Waals surface area contributed by atoms with Gasteiger partial charge in [-0.15, -0.1) is 22.7 Å². The van der Waals surface area contributed by atoms with Gasteiger partial charge in [-0.25, -0.2) is 4.98 Å². The number of hydrogen-bond donors (Lipinski definition) is 0. The number of hydrogen-bond acceptors (Lipinski definition) is 7. The molecule has 1 aliphatic rings. The highest BCUT2D eigenvalue weighted by atomic mass is 32.1. The van der Waals surface area contributed by atoms with Gasteiger partial charge in [0.1, 0.15) is 23.2 Å². The highest BCUT2D eigenvalue weighted by molar-refractivity contribution is 7.18. The molecule has 0 saturated carbocycles. The second-order valence-corrected chi connectivity index (χ2v) is 10.0. The fourth-order valence-electron chi connectivity index (χ4n) is 4.39. The van der Waals surface area contributed by atoms with Gasteiger partial charge in [0.2, 0.25) is 5.91 Å². The van der Waals surface area contributed by atoms with E-state index in [1.807, 2.05) is 53.2 Å². The molecule has 1 saturated heterocycles. The van der Waals surface area contributed by atoms with Gasteiger partial charge in [-0.1, -0.05) is 36.4 Å². The van der Waals surface area contributed by atoms with Crippen molar-refractivity contribution >= 4 is 38.8 Å². The molecule has 4 heterocycles. The molecule has 34 heavy (non-hydrogen) atoms. The maximum atomic E-state index is 13.4. The van der Waals surface area contributed by atoms with Gasteiger partial charge in [-0.2, -0.15) is 5.26 Å². The van der Waals surface area contributed by atoms with Crippen LogP contribution in [0.2, 0.25) is 0 Å². The molecular formula is C25H23N5O2S2. The largest absolute Gasteiger partial charge is 0.339 e. The summed E-state index contributed by atoms with van der Waals surface area (Å²) in [5.74, 6) is 0.435. The number of piperazine rings is 1. The normalized spacial score (nSPS) is 15.4. The number of benzene rings is 1. The quantitative estimate of drug-likeness (QED) is 0.425. The minimum atomic E-state index is -0.329. The van der Waals surface area contributed by atoms with Crippen molar-refractivity contribution in [2.24, 2.45) is 0 Å². The van der Waals surface area contributed by atoms with E-state index < -0.39 is 0 Å². The van der Waals surface area contributed by atoms with Crippen molar-refractivity contribution in [1.29, 1.82) is 5.26 Å². The highest BCUT2D eigenvalue weighted by Crippen LogP contribution is 2.33. The first kappa shape index (κ1) is 22.5. The highest BCUT2D eigenvalue weighted by Gasteiger charge is 2.27. The van der Waals surface area contributed by atoms with Crippen LogP contribution in [0.5, 0.6) is 0 Å². The van der Waals surface area contributed by atoms with Crippen molar-refractivity contribution in [3.05, 3.63) is 75.0 Å². The Morgan fingerprint density at radius 1 is 1.12 bits per heavy atom. The molecule has 9 heteroatoms. The zero-order valence-electron chi connectivity index (χ0n) is 18.7. The number of rotatable bonds is 5. The first-order chi connectivity index (χ1) is 16.6. The van der Waals surface area contributed by atoms with E-state index in [1.165, 1.54) is 15.9 Å². The first-order valence-electron chi connectivity index (χ1n) is 11.1. The number of carbonyl (C=O) groups is 1. The third-order valence-electron chi connectivity index (χ3n) is 6.23. The Balaban J connectivity index is 1.32. The van der Waals surface area contributed by atoms with Crippen LogP contribution in [0, 0.1) is 18.3 Å². The second-order valence-electron chi connectivity index (χ2n) is 8.22. The van der Waals surface area contributed by atoms with Gasteiger partial charge >= 0.3 is 0 Å². The molecule has 0 N–H and O–H groups in total. The van der Waals surface area contributed by atoms with Crippen molar-refractivity contribution in [3.8, 4) is 16.5 Å². The minimum Gasteiger partial charge on any atom is -0.339 e. The third kappa shape index (κ3) is 4.16. The van der Waals surface area contributed by atoms with Crippen LogP contribution in [0.3, 0.4) is 0 Å². The Morgan fingerprint density at radius 3 is 2.56 bits per heavy atom. The Bertz CT molecular complexity index is 1410. The van der Waals surface area contributed by atoms with Crippen LogP contribution in [0.15, 0.2) is 58.0 Å². The fraction of sp³-hybridized carbons (Fsp3) is 0.280. The summed E-state index contributed by atoms with van der Waals surface area (Å²) in [7, 11) is 0. The van der Waals surface area contributed by atoms with Gasteiger partial charge in [0.25, 0.3) is 5.56 Å². The Labute approximate surface area is 205 Å². The van der Waals surface area contributed by atoms with Crippen molar-refractivity contribution in [2.75, 3.05) is 26.2 Å². The Morgan fingerprint density at radius 2 is 1.88 bits per heavy atom. The summed E-state index contributed by atoms with van der Waals surface area (Å²) in [6.07, 6.45) is 0. The smallest absolute Gasteiger partial charge is 0.263 e. The summed E-state index contributed by atoms with van der Waals surface area (Å²) >= 11 is 3.04. The monoisotopic (exact) mass is 489 g/mol. The number of aromatic nitrogens is 2. The lowest BCUT2D eigenvalue weighted by atomic mass is 10.1. The third-order valence-corrected chi connectivity index (χ3v) is 8.01. The molecule has 5 rings (SSSR count). The van der Waals surface area contributed by atoms with Crippen molar-refractivity contribution in [1.82, 2.24) is 19.4 Å². The van der Waals surface area contributed by atoms with Crippen LogP contribution in [-0.4, -0.2) is 51.4 Å². The van der Waals surface area contributed by atoms with E-state index in [0.29, 0.717) is 42.2 Å². The number of carbonyl (C=O) groups excluding carboxylic acids is 1. The Hall–Kier alpha value is -3.32. The van der Waals surface area contributed by atoms with Gasteiger partial charge in [0, 0.05) is 42.0 Å². The lowest BCUT2D eigenvalue weighted by molar-refractivity contribution is -0.133. The lowest BCUT2D eigenvalue weighted by Gasteiger charge is -2.37. The van der Waals surface area contributed by atoms with Crippen molar-refractivity contribution in [2.45, 2.75) is 19.5 Å². The molecule has 1 aromatic carbocycles. The molecule has 1 amide bonds. The molecular weight excluding hydrogens is 466 g/mol. The maximum Gasteiger partial charge on any atom is 0.263 e. The van der Waals surface area contributed by atoms with E-state index in [0.717, 1.165) is 16.0 Å². The van der Waals surface area contributed by atoms with E-state index in [9.17, 15) is 14.9 Å². The number of aryl methyl sites for hydroxylation is 1. The minimum absolute atomic E-state index is 0.0340. The molecule has 0 bridgehead atoms. The van der Waals surface area contributed by atoms with E-state index >= 15 is 0 Å². The van der Waals surface area contributed by atoms with Gasteiger partial charge in [-0.3, -0.25) is 19.1 Å². The lowest BCUT2D eigenvalue weighted by Crippen LogP contribution is -2.50. The van der Waals surface area contributed by atoms with Crippen molar-refractivity contribution < 1.29 is 4.79 Å². The van der Waals surface area contributed by atoms with Gasteiger partial charge in [0.15, 0.2) is 0 Å². The summed E-state index contributed by atoms with van der Waals surface area (Å²) < 4.78 is 1.49. The van der Waals surface area contributed by atoms with Crippen molar-refractivity contribution in [3.63, 3.8) is 0 Å². The summed E-state index contributed by atoms with van der Waals surface area (Å²) in [6, 6.07) is 15.7. The fourth-order valence-corrected chi connectivity index (χ4v) is 6.19. The zero-order chi connectivity index (χ0) is 23.7. The van der Waals surface area contributed by atoms with Crippen LogP contribution in [-0.2, 0) is 11.3 Å². The molecule has 1 unspecified atom stereocenters. The van der Waals surface area contributed by atoms with E-state index in [-0.39, 0.29) is 24.1 Å². The van der Waals surface area contributed by atoms with E-state index in [4.69, 9.17) is 0 Å². The van der Waals surface area contributed by atoms with Crippen LogP contribution in [0.4, 0.5) is 0 Å². The first-order valence-corrected chi connectivity index (χ1v) is 12.8. The van der Waals surface area contributed by atoms with Gasteiger partial charge in [0.05, 0.1) is 11.5 Å². The number of nitrogens with zero attached hydrogens (tertiary/aromatic N) is 5. The van der Waals surface area contributed by atoms with Crippen LogP contribution >= 0.6 is 22.7 Å². The Kier molecular flexibility index (Phi) is 6.28. The van der Waals surface area contributed by atoms with Gasteiger partial charge < -0.3 is 4.90 Å². The molecule has 3 aromatic heterocycles. The zero-order valence-corrected chi connectivity index (χ0v) is 20.3. The van der Waals surface area contributed by atoms with E-state index in [1.54, 1.807) is 23.2 Å². The van der Waals surface area contributed by atoms with Crippen LogP contribution in [0.25, 0.3) is 20.7 Å². The summed E-state index contributed by atoms with van der Waals surface area (Å²) in [6.45, 7) is 3.99. The van der Waals surface area contributed by atoms with Gasteiger partial charge in [-0.05, 0) is 23.9 Å². The summed E-state index contributed by atoms with van der Waals surface area (Å²) in [4.78, 5) is 36.8. The predicted octanol–water partition coefficient (Wildman–Crippen LogP) is 3.90. The summed E-state index contributed by atoms with van der Waals surface area (Å²) in [5.41, 5.74) is 1.67.